The predicted octanol–water partition coefficient (Wildman–Crippen LogP) is 3.02. The minimum Gasteiger partial charge on any atom is -0.411 e. The van der Waals surface area contributed by atoms with Crippen LogP contribution in [0.25, 0.3) is 0 Å². The van der Waals surface area contributed by atoms with E-state index < -0.39 is 0 Å². The van der Waals surface area contributed by atoms with Crippen LogP contribution in [-0.4, -0.2) is 11.4 Å². The Bertz CT molecular complexity index is 286. The average molecular weight is 279 g/mol. The van der Waals surface area contributed by atoms with Crippen LogP contribution < -0.4 is 0 Å². The summed E-state index contributed by atoms with van der Waals surface area (Å²) in [4.78, 5) is 0. The topological polar surface area (TPSA) is 32.6 Å². The van der Waals surface area contributed by atoms with Gasteiger partial charge in [-0.05, 0) is 49.6 Å². The van der Waals surface area contributed by atoms with Gasteiger partial charge >= 0.3 is 0 Å². The van der Waals surface area contributed by atoms with Crippen LogP contribution in [0.2, 0.25) is 0 Å². The monoisotopic (exact) mass is 277 g/mol. The summed E-state index contributed by atoms with van der Waals surface area (Å²) in [6, 6.07) is 5.57. The maximum Gasteiger partial charge on any atom is 0.0734 e. The quantitative estimate of drug-likeness (QED) is 0.478. The zero-order valence-corrected chi connectivity index (χ0v) is 8.63. The molecule has 58 valence electrons. The summed E-state index contributed by atoms with van der Waals surface area (Å²) in [5.41, 5.74) is 0.850. The van der Waals surface area contributed by atoms with E-state index in [2.05, 4.69) is 37.0 Å². The molecule has 1 rings (SSSR count). The second-order valence-electron chi connectivity index (χ2n) is 1.92. The van der Waals surface area contributed by atoms with Crippen LogP contribution in [0, 0.1) is 0 Å². The Kier molecular flexibility index (Phi) is 3.08. The average Bonchev–Trinajstić information content (AvgIpc) is 1.98. The molecule has 0 atom stereocenters. The van der Waals surface area contributed by atoms with Gasteiger partial charge in [0.1, 0.15) is 0 Å². The lowest BCUT2D eigenvalue weighted by atomic mass is 10.2. The second-order valence-corrected chi connectivity index (χ2v) is 3.63. The maximum absolute atomic E-state index is 8.22. The van der Waals surface area contributed by atoms with Crippen LogP contribution in [0.3, 0.4) is 0 Å². The molecule has 0 spiro atoms. The highest BCUT2D eigenvalue weighted by molar-refractivity contribution is 9.13. The van der Waals surface area contributed by atoms with Crippen molar-refractivity contribution in [3.05, 3.63) is 32.7 Å². The SMILES string of the molecule is O/N=C/c1ccc(Br)c(Br)c1. The lowest BCUT2D eigenvalue weighted by Crippen LogP contribution is -1.80. The summed E-state index contributed by atoms with van der Waals surface area (Å²) in [6.45, 7) is 0. The number of benzene rings is 1. The van der Waals surface area contributed by atoms with Crippen molar-refractivity contribution in [1.82, 2.24) is 0 Å². The predicted molar refractivity (Wildman–Crippen MR) is 51.2 cm³/mol. The Labute approximate surface area is 81.2 Å². The van der Waals surface area contributed by atoms with E-state index in [1.807, 2.05) is 18.2 Å². The molecule has 1 aromatic rings. The molecule has 0 amide bonds. The van der Waals surface area contributed by atoms with Gasteiger partial charge in [-0.15, -0.1) is 0 Å². The Morgan fingerprint density at radius 2 is 2.00 bits per heavy atom. The number of rotatable bonds is 1. The van der Waals surface area contributed by atoms with Gasteiger partial charge in [0.15, 0.2) is 0 Å². The normalized spacial score (nSPS) is 10.7. The molecule has 1 aromatic carbocycles. The fourth-order valence-electron chi connectivity index (χ4n) is 0.659. The molecular weight excluding hydrogens is 274 g/mol. The molecule has 0 radical (unpaired) electrons. The molecule has 4 heteroatoms. The van der Waals surface area contributed by atoms with Gasteiger partial charge in [0, 0.05) is 8.95 Å². The second kappa shape index (κ2) is 3.88. The summed E-state index contributed by atoms with van der Waals surface area (Å²) in [6.07, 6.45) is 1.37. The minimum atomic E-state index is 0.850. The maximum atomic E-state index is 8.22. The highest BCUT2D eigenvalue weighted by Crippen LogP contribution is 2.22. The van der Waals surface area contributed by atoms with Crippen molar-refractivity contribution < 1.29 is 5.21 Å². The molecule has 0 saturated carbocycles. The zero-order valence-electron chi connectivity index (χ0n) is 5.46. The number of hydrogen-bond donors (Lipinski definition) is 1. The van der Waals surface area contributed by atoms with E-state index in [1.54, 1.807) is 0 Å². The van der Waals surface area contributed by atoms with E-state index in [0.29, 0.717) is 0 Å². The first-order valence-electron chi connectivity index (χ1n) is 2.86. The van der Waals surface area contributed by atoms with Crippen molar-refractivity contribution in [1.29, 1.82) is 0 Å². The third-order valence-electron chi connectivity index (χ3n) is 1.15. The standard InChI is InChI=1S/C7H5Br2NO/c8-6-2-1-5(4-10-11)3-7(6)9/h1-4,11H/b10-4+. The largest absolute Gasteiger partial charge is 0.411 e. The van der Waals surface area contributed by atoms with Gasteiger partial charge in [0.25, 0.3) is 0 Å². The van der Waals surface area contributed by atoms with Gasteiger partial charge < -0.3 is 5.21 Å². The first kappa shape index (κ1) is 8.74. The summed E-state index contributed by atoms with van der Waals surface area (Å²) in [5, 5.41) is 11.1. The van der Waals surface area contributed by atoms with E-state index in [0.717, 1.165) is 14.5 Å². The summed E-state index contributed by atoms with van der Waals surface area (Å²) >= 11 is 6.65. The van der Waals surface area contributed by atoms with Crippen LogP contribution in [0.15, 0.2) is 32.3 Å². The third-order valence-corrected chi connectivity index (χ3v) is 3.03. The molecule has 0 fully saturated rings. The molecule has 0 aliphatic carbocycles. The number of oxime groups is 1. The fourth-order valence-corrected chi connectivity index (χ4v) is 1.30. The molecule has 1 N–H and O–H groups in total. The molecule has 0 saturated heterocycles. The van der Waals surface area contributed by atoms with Crippen molar-refractivity contribution in [3.63, 3.8) is 0 Å². The van der Waals surface area contributed by atoms with Crippen LogP contribution in [0.1, 0.15) is 5.56 Å². The Morgan fingerprint density at radius 3 is 2.55 bits per heavy atom. The lowest BCUT2D eigenvalue weighted by Gasteiger charge is -1.95. The van der Waals surface area contributed by atoms with Gasteiger partial charge in [-0.1, -0.05) is 11.2 Å². The summed E-state index contributed by atoms with van der Waals surface area (Å²) < 4.78 is 1.92. The van der Waals surface area contributed by atoms with E-state index in [9.17, 15) is 0 Å². The first-order chi connectivity index (χ1) is 5.24. The molecule has 11 heavy (non-hydrogen) atoms. The van der Waals surface area contributed by atoms with Crippen molar-refractivity contribution >= 4 is 38.1 Å². The van der Waals surface area contributed by atoms with E-state index in [1.165, 1.54) is 6.21 Å². The molecule has 0 unspecified atom stereocenters. The van der Waals surface area contributed by atoms with Crippen LogP contribution in [0.5, 0.6) is 0 Å². The third kappa shape index (κ3) is 2.31. The molecule has 0 aliphatic heterocycles. The van der Waals surface area contributed by atoms with E-state index in [-0.39, 0.29) is 0 Å². The van der Waals surface area contributed by atoms with Crippen LogP contribution in [0.4, 0.5) is 0 Å². The number of hydrogen-bond acceptors (Lipinski definition) is 2. The van der Waals surface area contributed by atoms with E-state index >= 15 is 0 Å². The lowest BCUT2D eigenvalue weighted by molar-refractivity contribution is 0.322. The first-order valence-corrected chi connectivity index (χ1v) is 4.45. The van der Waals surface area contributed by atoms with Crippen LogP contribution >= 0.6 is 31.9 Å². The number of halogens is 2. The van der Waals surface area contributed by atoms with Crippen molar-refractivity contribution in [3.8, 4) is 0 Å². The fraction of sp³-hybridized carbons (Fsp3) is 0. The Morgan fingerprint density at radius 1 is 1.27 bits per heavy atom. The molecule has 2 nitrogen and oxygen atoms in total. The van der Waals surface area contributed by atoms with Crippen molar-refractivity contribution in [2.24, 2.45) is 5.16 Å². The van der Waals surface area contributed by atoms with Crippen LogP contribution in [-0.2, 0) is 0 Å². The summed E-state index contributed by atoms with van der Waals surface area (Å²) in [5.74, 6) is 0. The molecule has 0 aromatic heterocycles. The molecular formula is C7H5Br2NO. The highest BCUT2D eigenvalue weighted by Gasteiger charge is 1.95. The van der Waals surface area contributed by atoms with Gasteiger partial charge in [-0.2, -0.15) is 0 Å². The van der Waals surface area contributed by atoms with Crippen molar-refractivity contribution in [2.45, 2.75) is 0 Å². The molecule has 0 heterocycles. The Hall–Kier alpha value is -0.350. The van der Waals surface area contributed by atoms with Gasteiger partial charge in [0.05, 0.1) is 6.21 Å². The summed E-state index contributed by atoms with van der Waals surface area (Å²) in [7, 11) is 0. The molecule has 0 bridgehead atoms. The highest BCUT2D eigenvalue weighted by atomic mass is 79.9. The Balaban J connectivity index is 3.05. The van der Waals surface area contributed by atoms with Gasteiger partial charge in [-0.25, -0.2) is 0 Å². The zero-order chi connectivity index (χ0) is 8.27. The molecule has 0 aliphatic rings. The van der Waals surface area contributed by atoms with Crippen molar-refractivity contribution in [2.75, 3.05) is 0 Å². The van der Waals surface area contributed by atoms with Gasteiger partial charge in [-0.3, -0.25) is 0 Å². The number of nitrogens with zero attached hydrogens (tertiary/aromatic N) is 1. The van der Waals surface area contributed by atoms with E-state index in [4.69, 9.17) is 5.21 Å². The minimum absolute atomic E-state index is 0.850. The smallest absolute Gasteiger partial charge is 0.0734 e. The van der Waals surface area contributed by atoms with Gasteiger partial charge in [0.2, 0.25) is 0 Å².